The number of nitrogens with zero attached hydrogens (tertiary/aromatic N) is 1. The Morgan fingerprint density at radius 1 is 1.50 bits per heavy atom. The van der Waals surface area contributed by atoms with Crippen LogP contribution in [0.3, 0.4) is 0 Å². The van der Waals surface area contributed by atoms with E-state index in [2.05, 4.69) is 26.2 Å². The molecule has 0 saturated carbocycles. The third-order valence-electron chi connectivity index (χ3n) is 1.35. The lowest BCUT2D eigenvalue weighted by molar-refractivity contribution is -0.0579. The second-order valence-corrected chi connectivity index (χ2v) is 3.23. The number of likely N-dealkylation sites (N-methyl/N-ethyl adjacent to an activating group) is 1. The maximum Gasteiger partial charge on any atom is 0.434 e. The molecule has 0 aromatic rings. The number of halogens is 4. The lowest BCUT2D eigenvalue weighted by atomic mass is 10.3. The standard InChI is InChI=1S/C7H11BrF3N3/c1-13-3-4(12)5(8)6(14-2)7(9,10)11/h13H,3,12H2,1-2H3. The molecule has 0 heterocycles. The summed E-state index contributed by atoms with van der Waals surface area (Å²) in [5.41, 5.74) is 4.44. The Kier molecular flexibility index (Phi) is 5.14. The molecule has 0 bridgehead atoms. The first-order valence-electron chi connectivity index (χ1n) is 3.67. The van der Waals surface area contributed by atoms with Crippen LogP contribution in [0.2, 0.25) is 0 Å². The topological polar surface area (TPSA) is 50.4 Å². The van der Waals surface area contributed by atoms with Gasteiger partial charge in [-0.3, -0.25) is 4.99 Å². The molecular weight excluding hydrogens is 263 g/mol. The summed E-state index contributed by atoms with van der Waals surface area (Å²) in [7, 11) is 2.65. The molecule has 0 aromatic heterocycles. The lowest BCUT2D eigenvalue weighted by Crippen LogP contribution is -2.27. The molecule has 0 saturated heterocycles. The monoisotopic (exact) mass is 273 g/mol. The third-order valence-corrected chi connectivity index (χ3v) is 2.23. The predicted molar refractivity (Wildman–Crippen MR) is 53.5 cm³/mol. The van der Waals surface area contributed by atoms with Crippen molar-refractivity contribution >= 4 is 21.6 Å². The molecule has 0 atom stereocenters. The van der Waals surface area contributed by atoms with Gasteiger partial charge in [0.25, 0.3) is 0 Å². The van der Waals surface area contributed by atoms with Crippen LogP contribution in [-0.4, -0.2) is 32.5 Å². The van der Waals surface area contributed by atoms with Crippen LogP contribution >= 0.6 is 15.9 Å². The number of nitrogens with two attached hydrogens (primary N) is 1. The van der Waals surface area contributed by atoms with Gasteiger partial charge < -0.3 is 11.1 Å². The summed E-state index contributed by atoms with van der Waals surface area (Å²) in [5, 5.41) is 2.64. The summed E-state index contributed by atoms with van der Waals surface area (Å²) in [6.45, 7) is 0.162. The van der Waals surface area contributed by atoms with Crippen molar-refractivity contribution in [3.05, 3.63) is 10.2 Å². The maximum absolute atomic E-state index is 12.3. The van der Waals surface area contributed by atoms with E-state index >= 15 is 0 Å². The van der Waals surface area contributed by atoms with E-state index in [1.807, 2.05) is 0 Å². The van der Waals surface area contributed by atoms with Crippen LogP contribution in [0.4, 0.5) is 13.2 Å². The van der Waals surface area contributed by atoms with Gasteiger partial charge in [-0.2, -0.15) is 13.2 Å². The minimum absolute atomic E-state index is 0.0606. The van der Waals surface area contributed by atoms with Gasteiger partial charge in [0.05, 0.1) is 4.48 Å². The fourth-order valence-corrected chi connectivity index (χ4v) is 1.31. The first kappa shape index (κ1) is 13.4. The van der Waals surface area contributed by atoms with Gasteiger partial charge in [-0.15, -0.1) is 0 Å². The molecule has 0 fully saturated rings. The van der Waals surface area contributed by atoms with Crippen molar-refractivity contribution < 1.29 is 13.2 Å². The highest BCUT2D eigenvalue weighted by Gasteiger charge is 2.37. The summed E-state index contributed by atoms with van der Waals surface area (Å²) in [6, 6.07) is 0. The third kappa shape index (κ3) is 3.67. The van der Waals surface area contributed by atoms with E-state index < -0.39 is 11.9 Å². The Morgan fingerprint density at radius 2 is 2.00 bits per heavy atom. The van der Waals surface area contributed by atoms with Crippen LogP contribution in [0.25, 0.3) is 0 Å². The summed E-state index contributed by atoms with van der Waals surface area (Å²) < 4.78 is 36.7. The van der Waals surface area contributed by atoms with Crippen LogP contribution in [-0.2, 0) is 0 Å². The zero-order valence-electron chi connectivity index (χ0n) is 7.74. The molecule has 0 aromatic carbocycles. The van der Waals surface area contributed by atoms with Crippen LogP contribution in [0.1, 0.15) is 0 Å². The molecule has 0 spiro atoms. The number of alkyl halides is 3. The Balaban J connectivity index is 4.99. The van der Waals surface area contributed by atoms with Crippen LogP contribution < -0.4 is 11.1 Å². The molecule has 0 amide bonds. The normalized spacial score (nSPS) is 15.4. The van der Waals surface area contributed by atoms with Crippen molar-refractivity contribution in [1.29, 1.82) is 0 Å². The highest BCUT2D eigenvalue weighted by Crippen LogP contribution is 2.26. The molecule has 0 radical (unpaired) electrons. The van der Waals surface area contributed by atoms with Crippen LogP contribution in [0, 0.1) is 0 Å². The molecule has 7 heteroatoms. The quantitative estimate of drug-likeness (QED) is 0.764. The molecule has 0 aliphatic carbocycles. The van der Waals surface area contributed by atoms with Gasteiger partial charge in [-0.25, -0.2) is 0 Å². The van der Waals surface area contributed by atoms with E-state index in [4.69, 9.17) is 5.73 Å². The number of nitrogens with one attached hydrogen (secondary N) is 1. The minimum Gasteiger partial charge on any atom is -0.400 e. The summed E-state index contributed by atoms with van der Waals surface area (Å²) in [4.78, 5) is 3.14. The predicted octanol–water partition coefficient (Wildman–Crippen LogP) is 1.40. The van der Waals surface area contributed by atoms with Gasteiger partial charge in [-0.05, 0) is 23.0 Å². The zero-order chi connectivity index (χ0) is 11.4. The molecule has 0 aliphatic rings. The number of hydrogen-bond donors (Lipinski definition) is 2. The number of aliphatic imine (C=N–C) groups is 1. The van der Waals surface area contributed by atoms with Crippen LogP contribution in [0.5, 0.6) is 0 Å². The van der Waals surface area contributed by atoms with Crippen molar-refractivity contribution in [2.75, 3.05) is 20.6 Å². The Bertz CT molecular complexity index is 257. The highest BCUT2D eigenvalue weighted by atomic mass is 79.9. The van der Waals surface area contributed by atoms with E-state index in [1.54, 1.807) is 7.05 Å². The first-order chi connectivity index (χ1) is 6.34. The smallest absolute Gasteiger partial charge is 0.400 e. The minimum atomic E-state index is -4.49. The van der Waals surface area contributed by atoms with Crippen molar-refractivity contribution in [3.63, 3.8) is 0 Å². The summed E-state index contributed by atoms with van der Waals surface area (Å²) in [6.07, 6.45) is -4.49. The molecule has 0 rings (SSSR count). The van der Waals surface area contributed by atoms with E-state index in [0.29, 0.717) is 0 Å². The number of allylic oxidation sites excluding steroid dienone is 1. The van der Waals surface area contributed by atoms with E-state index in [0.717, 1.165) is 7.05 Å². The lowest BCUT2D eigenvalue weighted by Gasteiger charge is -2.11. The highest BCUT2D eigenvalue weighted by molar-refractivity contribution is 9.12. The maximum atomic E-state index is 12.3. The first-order valence-corrected chi connectivity index (χ1v) is 4.47. The van der Waals surface area contributed by atoms with Crippen molar-refractivity contribution in [2.24, 2.45) is 10.7 Å². The van der Waals surface area contributed by atoms with Gasteiger partial charge in [0.2, 0.25) is 0 Å². The zero-order valence-corrected chi connectivity index (χ0v) is 9.33. The molecule has 3 nitrogen and oxygen atoms in total. The second-order valence-electron chi connectivity index (χ2n) is 2.44. The van der Waals surface area contributed by atoms with Crippen LogP contribution in [0.15, 0.2) is 15.2 Å². The SMILES string of the molecule is CN=C(C(Br)=C(N)CNC)C(F)(F)F. The van der Waals surface area contributed by atoms with Crippen molar-refractivity contribution in [3.8, 4) is 0 Å². The number of hydrogen-bond acceptors (Lipinski definition) is 3. The van der Waals surface area contributed by atoms with E-state index in [1.165, 1.54) is 0 Å². The van der Waals surface area contributed by atoms with Gasteiger partial charge in [0.1, 0.15) is 0 Å². The van der Waals surface area contributed by atoms with Crippen molar-refractivity contribution in [2.45, 2.75) is 6.18 Å². The van der Waals surface area contributed by atoms with E-state index in [-0.39, 0.29) is 16.7 Å². The average Bonchev–Trinajstić information content (AvgIpc) is 2.03. The van der Waals surface area contributed by atoms with E-state index in [9.17, 15) is 13.2 Å². The van der Waals surface area contributed by atoms with Gasteiger partial charge >= 0.3 is 6.18 Å². The average molecular weight is 274 g/mol. The largest absolute Gasteiger partial charge is 0.434 e. The molecular formula is C7H11BrF3N3. The molecule has 0 aliphatic heterocycles. The fourth-order valence-electron chi connectivity index (χ4n) is 0.770. The summed E-state index contributed by atoms with van der Waals surface area (Å²) >= 11 is 2.77. The van der Waals surface area contributed by atoms with Gasteiger partial charge in [0, 0.05) is 19.3 Å². The Morgan fingerprint density at radius 3 is 2.29 bits per heavy atom. The summed E-state index contributed by atoms with van der Waals surface area (Å²) in [5.74, 6) is 0. The number of rotatable bonds is 3. The molecule has 3 N–H and O–H groups in total. The van der Waals surface area contributed by atoms with Gasteiger partial charge in [0.15, 0.2) is 5.71 Å². The Hall–Kier alpha value is -0.560. The molecule has 82 valence electrons. The second kappa shape index (κ2) is 5.35. The Labute approximate surface area is 88.4 Å². The molecule has 0 unspecified atom stereocenters. The van der Waals surface area contributed by atoms with Crippen molar-refractivity contribution in [1.82, 2.24) is 5.32 Å². The molecule has 14 heavy (non-hydrogen) atoms. The van der Waals surface area contributed by atoms with Gasteiger partial charge in [-0.1, -0.05) is 0 Å². The fraction of sp³-hybridized carbons (Fsp3) is 0.571.